The number of aliphatic hydroxyl groups is 1. The minimum atomic E-state index is -0.217. The molecular formula is C11H12N2OS. The molecule has 2 aromatic heterocycles. The van der Waals surface area contributed by atoms with Gasteiger partial charge in [0.15, 0.2) is 0 Å². The largest absolute Gasteiger partial charge is 0.392 e. The van der Waals surface area contributed by atoms with Crippen molar-refractivity contribution >= 4 is 21.6 Å². The normalized spacial score (nSPS) is 18.2. The Bertz CT molecular complexity index is 478. The van der Waals surface area contributed by atoms with Crippen LogP contribution in [0.5, 0.6) is 0 Å². The number of aromatic nitrogens is 2. The van der Waals surface area contributed by atoms with Gasteiger partial charge in [0, 0.05) is 6.42 Å². The quantitative estimate of drug-likeness (QED) is 0.860. The van der Waals surface area contributed by atoms with Crippen LogP contribution in [0.15, 0.2) is 17.8 Å². The average Bonchev–Trinajstić information content (AvgIpc) is 2.97. The van der Waals surface area contributed by atoms with Crippen molar-refractivity contribution in [2.75, 3.05) is 0 Å². The fraction of sp³-hybridized carbons (Fsp3) is 0.455. The topological polar surface area (TPSA) is 46.0 Å². The summed E-state index contributed by atoms with van der Waals surface area (Å²) in [6, 6.07) is 1.99. The van der Waals surface area contributed by atoms with E-state index < -0.39 is 0 Å². The highest BCUT2D eigenvalue weighted by atomic mass is 32.1. The Hall–Kier alpha value is -1.000. The Morgan fingerprint density at radius 1 is 1.47 bits per heavy atom. The number of thiophene rings is 1. The van der Waals surface area contributed by atoms with Crippen LogP contribution in [0.2, 0.25) is 0 Å². The number of nitrogens with zero attached hydrogens (tertiary/aromatic N) is 2. The van der Waals surface area contributed by atoms with Crippen LogP contribution in [-0.4, -0.2) is 21.2 Å². The van der Waals surface area contributed by atoms with Gasteiger partial charge in [0.1, 0.15) is 6.33 Å². The van der Waals surface area contributed by atoms with E-state index in [4.69, 9.17) is 0 Å². The molecule has 0 bridgehead atoms. The molecule has 2 heterocycles. The molecule has 0 aliphatic heterocycles. The lowest BCUT2D eigenvalue weighted by Gasteiger charge is -2.08. The molecule has 1 aliphatic carbocycles. The van der Waals surface area contributed by atoms with Crippen molar-refractivity contribution in [3.63, 3.8) is 0 Å². The molecule has 1 aliphatic rings. The number of rotatable bonds is 3. The zero-order chi connectivity index (χ0) is 10.3. The lowest BCUT2D eigenvalue weighted by molar-refractivity contribution is 0.151. The van der Waals surface area contributed by atoms with Crippen LogP contribution in [0.3, 0.4) is 0 Å². The second-order valence-corrected chi connectivity index (χ2v) is 4.98. The molecule has 0 aromatic carbocycles. The monoisotopic (exact) mass is 220 g/mol. The number of hydrogen-bond donors (Lipinski definition) is 1. The van der Waals surface area contributed by atoms with Crippen molar-refractivity contribution < 1.29 is 5.11 Å². The van der Waals surface area contributed by atoms with Gasteiger partial charge in [0.05, 0.1) is 22.0 Å². The summed E-state index contributed by atoms with van der Waals surface area (Å²) in [4.78, 5) is 8.46. The standard InChI is InChI=1S/C11H12N2OS/c14-10(7-1-2-7)5-9-11-8(3-4-15-11)12-6-13-9/h3-4,6-7,10,14H,1-2,5H2. The first kappa shape index (κ1) is 9.24. The molecule has 1 saturated carbocycles. The predicted octanol–water partition coefficient (Wildman–Crippen LogP) is 2.00. The highest BCUT2D eigenvalue weighted by Crippen LogP contribution is 2.34. The summed E-state index contributed by atoms with van der Waals surface area (Å²) >= 11 is 1.65. The van der Waals surface area contributed by atoms with Crippen LogP contribution < -0.4 is 0 Å². The van der Waals surface area contributed by atoms with Crippen LogP contribution in [-0.2, 0) is 6.42 Å². The third-order valence-electron chi connectivity index (χ3n) is 2.89. The second-order valence-electron chi connectivity index (χ2n) is 4.06. The molecule has 0 amide bonds. The smallest absolute Gasteiger partial charge is 0.116 e. The third-order valence-corrected chi connectivity index (χ3v) is 3.84. The van der Waals surface area contributed by atoms with Gasteiger partial charge in [0.2, 0.25) is 0 Å². The van der Waals surface area contributed by atoms with Crippen molar-refractivity contribution in [1.82, 2.24) is 9.97 Å². The van der Waals surface area contributed by atoms with Crippen LogP contribution in [0.4, 0.5) is 0 Å². The van der Waals surface area contributed by atoms with Gasteiger partial charge in [-0.1, -0.05) is 0 Å². The maximum absolute atomic E-state index is 9.88. The van der Waals surface area contributed by atoms with Crippen molar-refractivity contribution in [3.05, 3.63) is 23.5 Å². The molecule has 1 fully saturated rings. The second kappa shape index (κ2) is 3.54. The molecule has 2 aromatic rings. The van der Waals surface area contributed by atoms with Gasteiger partial charge in [-0.25, -0.2) is 9.97 Å². The minimum absolute atomic E-state index is 0.217. The van der Waals surface area contributed by atoms with E-state index in [1.807, 2.05) is 11.4 Å². The van der Waals surface area contributed by atoms with E-state index in [9.17, 15) is 5.11 Å². The Morgan fingerprint density at radius 2 is 2.33 bits per heavy atom. The Kier molecular flexibility index (Phi) is 2.18. The van der Waals surface area contributed by atoms with Gasteiger partial charge in [-0.15, -0.1) is 11.3 Å². The van der Waals surface area contributed by atoms with E-state index in [-0.39, 0.29) is 6.10 Å². The summed E-state index contributed by atoms with van der Waals surface area (Å²) in [6.45, 7) is 0. The first-order valence-electron chi connectivity index (χ1n) is 5.20. The van der Waals surface area contributed by atoms with E-state index in [1.165, 1.54) is 12.8 Å². The van der Waals surface area contributed by atoms with Crippen LogP contribution in [0.25, 0.3) is 10.2 Å². The Morgan fingerprint density at radius 3 is 3.13 bits per heavy atom. The third kappa shape index (κ3) is 1.75. The molecule has 0 saturated heterocycles. The zero-order valence-corrected chi connectivity index (χ0v) is 9.07. The molecule has 15 heavy (non-hydrogen) atoms. The lowest BCUT2D eigenvalue weighted by atomic mass is 10.1. The molecule has 4 heteroatoms. The van der Waals surface area contributed by atoms with Crippen molar-refractivity contribution in [3.8, 4) is 0 Å². The molecule has 78 valence electrons. The van der Waals surface area contributed by atoms with Gasteiger partial charge in [-0.2, -0.15) is 0 Å². The molecule has 3 rings (SSSR count). The summed E-state index contributed by atoms with van der Waals surface area (Å²) in [5.41, 5.74) is 1.99. The average molecular weight is 220 g/mol. The molecular weight excluding hydrogens is 208 g/mol. The van der Waals surface area contributed by atoms with Gasteiger partial charge >= 0.3 is 0 Å². The fourth-order valence-corrected chi connectivity index (χ4v) is 2.68. The van der Waals surface area contributed by atoms with Gasteiger partial charge in [0.25, 0.3) is 0 Å². The van der Waals surface area contributed by atoms with Gasteiger partial charge < -0.3 is 5.11 Å². The van der Waals surface area contributed by atoms with Crippen LogP contribution in [0.1, 0.15) is 18.5 Å². The first-order valence-corrected chi connectivity index (χ1v) is 6.07. The highest BCUT2D eigenvalue weighted by Gasteiger charge is 2.30. The van der Waals surface area contributed by atoms with E-state index in [1.54, 1.807) is 17.7 Å². The zero-order valence-electron chi connectivity index (χ0n) is 8.26. The van der Waals surface area contributed by atoms with Crippen molar-refractivity contribution in [2.45, 2.75) is 25.4 Å². The molecule has 0 radical (unpaired) electrons. The highest BCUT2D eigenvalue weighted by molar-refractivity contribution is 7.17. The van der Waals surface area contributed by atoms with E-state index >= 15 is 0 Å². The fourth-order valence-electron chi connectivity index (χ4n) is 1.83. The maximum atomic E-state index is 9.88. The van der Waals surface area contributed by atoms with Gasteiger partial charge in [-0.05, 0) is 30.2 Å². The summed E-state index contributed by atoms with van der Waals surface area (Å²) in [7, 11) is 0. The SMILES string of the molecule is OC(Cc1ncnc2ccsc12)C1CC1. The van der Waals surface area contributed by atoms with Crippen LogP contribution in [0, 0.1) is 5.92 Å². The Labute approximate surface area is 91.8 Å². The Balaban J connectivity index is 1.92. The first-order chi connectivity index (χ1) is 7.34. The number of aliphatic hydroxyl groups excluding tert-OH is 1. The summed E-state index contributed by atoms with van der Waals surface area (Å²) in [6.07, 6.45) is 4.37. The lowest BCUT2D eigenvalue weighted by Crippen LogP contribution is -2.13. The summed E-state index contributed by atoms with van der Waals surface area (Å²) in [5, 5.41) is 11.9. The van der Waals surface area contributed by atoms with Gasteiger partial charge in [-0.3, -0.25) is 0 Å². The predicted molar refractivity (Wildman–Crippen MR) is 59.8 cm³/mol. The van der Waals surface area contributed by atoms with Crippen molar-refractivity contribution in [1.29, 1.82) is 0 Å². The number of hydrogen-bond acceptors (Lipinski definition) is 4. The summed E-state index contributed by atoms with van der Waals surface area (Å²) < 4.78 is 1.12. The van der Waals surface area contributed by atoms with Crippen molar-refractivity contribution in [2.24, 2.45) is 5.92 Å². The maximum Gasteiger partial charge on any atom is 0.116 e. The molecule has 0 spiro atoms. The van der Waals surface area contributed by atoms with E-state index in [2.05, 4.69) is 9.97 Å². The summed E-state index contributed by atoms with van der Waals surface area (Å²) in [5.74, 6) is 0.509. The number of fused-ring (bicyclic) bond motifs is 1. The molecule has 1 unspecified atom stereocenters. The molecule has 1 N–H and O–H groups in total. The molecule has 3 nitrogen and oxygen atoms in total. The van der Waals surface area contributed by atoms with Crippen LogP contribution >= 0.6 is 11.3 Å². The molecule has 1 atom stereocenters. The minimum Gasteiger partial charge on any atom is -0.392 e. The van der Waals surface area contributed by atoms with E-state index in [0.717, 1.165) is 15.9 Å². The van der Waals surface area contributed by atoms with E-state index in [0.29, 0.717) is 12.3 Å².